The quantitative estimate of drug-likeness (QED) is 0.607. The number of amides is 4. The van der Waals surface area contributed by atoms with Crippen LogP contribution in [0.3, 0.4) is 0 Å². The number of rotatable bonds is 5. The number of anilines is 1. The van der Waals surface area contributed by atoms with Crippen molar-refractivity contribution in [3.63, 3.8) is 0 Å². The number of hydrogen-bond acceptors (Lipinski definition) is 5. The molecule has 1 saturated heterocycles. The minimum absolute atomic E-state index is 0.231. The van der Waals surface area contributed by atoms with Crippen LogP contribution in [0.4, 0.5) is 9.80 Å². The Labute approximate surface area is 199 Å². The van der Waals surface area contributed by atoms with Gasteiger partial charge in [0.25, 0.3) is 5.91 Å². The third kappa shape index (κ3) is 4.40. The van der Waals surface area contributed by atoms with E-state index in [9.17, 15) is 19.6 Å². The molecule has 33 heavy (non-hydrogen) atoms. The summed E-state index contributed by atoms with van der Waals surface area (Å²) in [6.45, 7) is 6.48. The van der Waals surface area contributed by atoms with Gasteiger partial charge in [-0.3, -0.25) is 14.5 Å². The van der Waals surface area contributed by atoms with E-state index in [0.29, 0.717) is 29.3 Å². The summed E-state index contributed by atoms with van der Waals surface area (Å²) in [6, 6.07) is 1.78. The van der Waals surface area contributed by atoms with E-state index in [4.69, 9.17) is 0 Å². The summed E-state index contributed by atoms with van der Waals surface area (Å²) in [5.41, 5.74) is 0.964. The molecule has 1 saturated carbocycles. The van der Waals surface area contributed by atoms with Gasteiger partial charge in [0.2, 0.25) is 5.91 Å². The van der Waals surface area contributed by atoms with Crippen LogP contribution in [-0.4, -0.2) is 34.8 Å². The lowest BCUT2D eigenvalue weighted by molar-refractivity contribution is -0.134. The van der Waals surface area contributed by atoms with E-state index in [2.05, 4.69) is 37.5 Å². The normalized spacial score (nSPS) is 22.5. The second-order valence-electron chi connectivity index (χ2n) is 10.5. The Morgan fingerprint density at radius 3 is 2.61 bits per heavy atom. The molecular formula is C25H34N4O3S. The Morgan fingerprint density at radius 1 is 1.27 bits per heavy atom. The highest BCUT2D eigenvalue weighted by Gasteiger charge is 2.51. The molecule has 1 spiro atoms. The van der Waals surface area contributed by atoms with Crippen molar-refractivity contribution in [1.29, 1.82) is 5.26 Å². The highest BCUT2D eigenvalue weighted by atomic mass is 32.1. The number of hydrogen-bond donors (Lipinski definition) is 2. The number of thiophene rings is 1. The molecule has 0 radical (unpaired) electrons. The Kier molecular flexibility index (Phi) is 6.54. The van der Waals surface area contributed by atoms with E-state index in [1.165, 1.54) is 16.2 Å². The van der Waals surface area contributed by atoms with Crippen LogP contribution in [0.2, 0.25) is 0 Å². The molecule has 2 N–H and O–H groups in total. The minimum Gasteiger partial charge on any atom is -0.323 e. The van der Waals surface area contributed by atoms with Crippen LogP contribution in [0.5, 0.6) is 0 Å². The van der Waals surface area contributed by atoms with Crippen molar-refractivity contribution in [1.82, 2.24) is 10.2 Å². The molecule has 7 nitrogen and oxygen atoms in total. The molecule has 178 valence electrons. The summed E-state index contributed by atoms with van der Waals surface area (Å²) in [4.78, 5) is 40.7. The predicted molar refractivity (Wildman–Crippen MR) is 128 cm³/mol. The first-order chi connectivity index (χ1) is 15.7. The maximum absolute atomic E-state index is 13.1. The molecule has 4 amide bonds. The topological polar surface area (TPSA) is 102 Å². The van der Waals surface area contributed by atoms with Crippen molar-refractivity contribution >= 4 is 34.2 Å². The number of imide groups is 1. The second kappa shape index (κ2) is 9.09. The van der Waals surface area contributed by atoms with Crippen molar-refractivity contribution in [2.45, 2.75) is 90.5 Å². The third-order valence-electron chi connectivity index (χ3n) is 8.15. The summed E-state index contributed by atoms with van der Waals surface area (Å²) >= 11 is 1.47. The number of urea groups is 1. The Balaban J connectivity index is 1.47. The molecule has 1 atom stereocenters. The average molecular weight is 471 g/mol. The summed E-state index contributed by atoms with van der Waals surface area (Å²) in [7, 11) is 0. The van der Waals surface area contributed by atoms with Gasteiger partial charge in [-0.2, -0.15) is 5.26 Å². The molecular weight excluding hydrogens is 436 g/mol. The highest BCUT2D eigenvalue weighted by molar-refractivity contribution is 7.16. The lowest BCUT2D eigenvalue weighted by Crippen LogP contribution is -2.47. The summed E-state index contributed by atoms with van der Waals surface area (Å²) in [6.07, 6.45) is 9.06. The zero-order valence-corrected chi connectivity index (χ0v) is 20.7. The summed E-state index contributed by atoms with van der Waals surface area (Å²) < 4.78 is 0. The van der Waals surface area contributed by atoms with E-state index in [1.807, 2.05) is 0 Å². The van der Waals surface area contributed by atoms with Gasteiger partial charge in [-0.25, -0.2) is 4.79 Å². The fourth-order valence-corrected chi connectivity index (χ4v) is 6.84. The molecule has 2 heterocycles. The van der Waals surface area contributed by atoms with Crippen molar-refractivity contribution in [2.75, 3.05) is 11.9 Å². The molecule has 2 fully saturated rings. The summed E-state index contributed by atoms with van der Waals surface area (Å²) in [5.74, 6) is -0.185. The molecule has 1 aromatic heterocycles. The number of fused-ring (bicyclic) bond motifs is 1. The van der Waals surface area contributed by atoms with Gasteiger partial charge < -0.3 is 10.6 Å². The first kappa shape index (κ1) is 23.7. The Morgan fingerprint density at radius 2 is 1.97 bits per heavy atom. The smallest absolute Gasteiger partial charge is 0.323 e. The number of nitriles is 1. The lowest BCUT2D eigenvalue weighted by atomic mass is 9.69. The van der Waals surface area contributed by atoms with Crippen molar-refractivity contribution < 1.29 is 14.4 Å². The molecule has 1 unspecified atom stereocenters. The van der Waals surface area contributed by atoms with E-state index in [0.717, 1.165) is 61.8 Å². The van der Waals surface area contributed by atoms with E-state index in [1.54, 1.807) is 0 Å². The third-order valence-corrected chi connectivity index (χ3v) is 9.32. The monoisotopic (exact) mass is 470 g/mol. The highest BCUT2D eigenvalue weighted by Crippen LogP contribution is 2.45. The van der Waals surface area contributed by atoms with E-state index >= 15 is 0 Å². The first-order valence-corrected chi connectivity index (χ1v) is 13.0. The van der Waals surface area contributed by atoms with Gasteiger partial charge in [0.05, 0.1) is 5.56 Å². The molecule has 2 aliphatic carbocycles. The van der Waals surface area contributed by atoms with Crippen molar-refractivity contribution in [3.8, 4) is 6.07 Å². The Bertz CT molecular complexity index is 998. The maximum Gasteiger partial charge on any atom is 0.325 e. The van der Waals surface area contributed by atoms with Gasteiger partial charge in [-0.15, -0.1) is 11.3 Å². The van der Waals surface area contributed by atoms with Gasteiger partial charge >= 0.3 is 6.03 Å². The largest absolute Gasteiger partial charge is 0.325 e. The summed E-state index contributed by atoms with van der Waals surface area (Å²) in [5, 5.41) is 16.0. The zero-order chi connectivity index (χ0) is 23.8. The fourth-order valence-electron chi connectivity index (χ4n) is 5.55. The van der Waals surface area contributed by atoms with Crippen LogP contribution in [0.25, 0.3) is 0 Å². The first-order valence-electron chi connectivity index (χ1n) is 12.2. The maximum atomic E-state index is 13.1. The standard InChI is InChI=1S/C25H34N4O3S/c1-4-24(2,3)16-9-10-17-18(14-26)21(33-19(17)13-16)27-20(30)15-29-22(31)25(28-23(29)32)11-7-5-6-8-12-25/h16H,4-13,15H2,1-3H3,(H,27,30)(H,28,32). The number of carbonyl (C=O) groups excluding carboxylic acids is 3. The van der Waals surface area contributed by atoms with E-state index in [-0.39, 0.29) is 17.9 Å². The van der Waals surface area contributed by atoms with Crippen LogP contribution < -0.4 is 10.6 Å². The van der Waals surface area contributed by atoms with Crippen LogP contribution in [0.1, 0.15) is 88.1 Å². The molecule has 0 aromatic carbocycles. The Hall–Kier alpha value is -2.40. The predicted octanol–water partition coefficient (Wildman–Crippen LogP) is 4.74. The minimum atomic E-state index is -0.852. The fraction of sp³-hybridized carbons (Fsp3) is 0.680. The molecule has 1 aliphatic heterocycles. The van der Waals surface area contributed by atoms with Gasteiger partial charge in [-0.1, -0.05) is 52.9 Å². The van der Waals surface area contributed by atoms with Crippen LogP contribution in [0, 0.1) is 22.7 Å². The molecule has 3 aliphatic rings. The molecule has 8 heteroatoms. The number of carbonyl (C=O) groups is 3. The SMILES string of the molecule is CCC(C)(C)C1CCc2c(sc(NC(=O)CN3C(=O)NC4(CCCCCC4)C3=O)c2C#N)C1. The second-order valence-corrected chi connectivity index (χ2v) is 11.6. The van der Waals surface area contributed by atoms with Gasteiger partial charge in [-0.05, 0) is 49.0 Å². The molecule has 4 rings (SSSR count). The van der Waals surface area contributed by atoms with E-state index < -0.39 is 17.5 Å². The van der Waals surface area contributed by atoms with Crippen molar-refractivity contribution in [2.24, 2.45) is 11.3 Å². The van der Waals surface area contributed by atoms with Crippen LogP contribution >= 0.6 is 11.3 Å². The number of nitrogens with zero attached hydrogens (tertiary/aromatic N) is 2. The lowest BCUT2D eigenvalue weighted by Gasteiger charge is -2.36. The molecule has 0 bridgehead atoms. The van der Waals surface area contributed by atoms with Crippen LogP contribution in [-0.2, 0) is 22.4 Å². The van der Waals surface area contributed by atoms with Gasteiger partial charge in [0.1, 0.15) is 23.2 Å². The zero-order valence-electron chi connectivity index (χ0n) is 19.9. The number of nitrogens with one attached hydrogen (secondary N) is 2. The average Bonchev–Trinajstić information content (AvgIpc) is 3.10. The van der Waals surface area contributed by atoms with Crippen LogP contribution in [0.15, 0.2) is 0 Å². The van der Waals surface area contributed by atoms with Gasteiger partial charge in [0, 0.05) is 4.88 Å². The molecule has 1 aromatic rings. The van der Waals surface area contributed by atoms with Gasteiger partial charge in [0.15, 0.2) is 0 Å². The van der Waals surface area contributed by atoms with Crippen molar-refractivity contribution in [3.05, 3.63) is 16.0 Å².